The van der Waals surface area contributed by atoms with Crippen LogP contribution in [0.15, 0.2) is 36.7 Å². The fourth-order valence-corrected chi connectivity index (χ4v) is 8.05. The maximum absolute atomic E-state index is 5.44. The van der Waals surface area contributed by atoms with Crippen LogP contribution in [0.5, 0.6) is 0 Å². The summed E-state index contributed by atoms with van der Waals surface area (Å²) in [6, 6.07) is 8.86. The maximum atomic E-state index is 5.44. The Hall–Kier alpha value is -2.29. The number of aryl methyl sites for hydroxylation is 3. The van der Waals surface area contributed by atoms with E-state index in [2.05, 4.69) is 86.6 Å². The van der Waals surface area contributed by atoms with E-state index in [0.29, 0.717) is 17.7 Å². The predicted octanol–water partition coefficient (Wildman–Crippen LogP) is 5.87. The summed E-state index contributed by atoms with van der Waals surface area (Å²) < 4.78 is 6.43. The van der Waals surface area contributed by atoms with E-state index < -0.39 is 0 Å². The molecule has 0 amide bonds. The maximum Gasteiger partial charge on any atom is 0.112 e. The van der Waals surface area contributed by atoms with Crippen LogP contribution in [0, 0.1) is 19.3 Å². The third-order valence-corrected chi connectivity index (χ3v) is 10.5. The number of hydrogen-bond donors (Lipinski definition) is 1. The molecule has 1 saturated carbocycles. The van der Waals surface area contributed by atoms with Gasteiger partial charge >= 0.3 is 0 Å². The average molecular weight is 609 g/mol. The molecule has 1 saturated heterocycles. The monoisotopic (exact) mass is 609 g/mol. The third-order valence-electron chi connectivity index (χ3n) is 8.59. The van der Waals surface area contributed by atoms with Crippen molar-refractivity contribution in [2.24, 2.45) is 19.5 Å². The minimum atomic E-state index is 0.500. The van der Waals surface area contributed by atoms with Crippen LogP contribution in [0.1, 0.15) is 35.7 Å². The summed E-state index contributed by atoms with van der Waals surface area (Å²) in [5.74, 6) is 1.72. The highest BCUT2D eigenvalue weighted by Crippen LogP contribution is 2.54. The number of benzene rings is 2. The Morgan fingerprint density at radius 2 is 1.75 bits per heavy atom. The van der Waals surface area contributed by atoms with Gasteiger partial charge in [-0.1, -0.05) is 12.1 Å². The van der Waals surface area contributed by atoms with Crippen LogP contribution < -0.4 is 5.32 Å². The van der Waals surface area contributed by atoms with Gasteiger partial charge in [-0.25, -0.2) is 9.44 Å². The van der Waals surface area contributed by atoms with Gasteiger partial charge in [0, 0.05) is 55.0 Å². The van der Waals surface area contributed by atoms with Gasteiger partial charge in [-0.15, -0.1) is 0 Å². The SMILES string of the molecule is Cc1ccc2c(cnn2PI)c1-c1c(-c2ccc3c(cnn3C)c2C)nc(C2CC3(CNC3)C2)n1C. The van der Waals surface area contributed by atoms with E-state index in [-0.39, 0.29) is 0 Å². The summed E-state index contributed by atoms with van der Waals surface area (Å²) >= 11 is 2.41. The van der Waals surface area contributed by atoms with Gasteiger partial charge in [0.05, 0.1) is 41.2 Å². The molecule has 2 fully saturated rings. The highest BCUT2D eigenvalue weighted by Gasteiger charge is 2.50. The van der Waals surface area contributed by atoms with Crippen LogP contribution in [0.4, 0.5) is 0 Å². The third kappa shape index (κ3) is 3.13. The summed E-state index contributed by atoms with van der Waals surface area (Å²) in [7, 11) is 4.22. The van der Waals surface area contributed by atoms with Crippen LogP contribution in [0.25, 0.3) is 44.3 Å². The molecule has 3 aromatic heterocycles. The van der Waals surface area contributed by atoms with Crippen molar-refractivity contribution in [1.82, 2.24) is 34.2 Å². The molecule has 0 radical (unpaired) electrons. The molecule has 7 rings (SSSR count). The van der Waals surface area contributed by atoms with Gasteiger partial charge in [0.15, 0.2) is 0 Å². The Bertz CT molecular complexity index is 1660. The zero-order valence-electron chi connectivity index (χ0n) is 20.9. The molecule has 1 aliphatic heterocycles. The topological polar surface area (TPSA) is 65.5 Å². The quantitative estimate of drug-likeness (QED) is 0.205. The standard InChI is InChI=1S/C27H29IN7P/c1-15-5-7-22-20(12-31-35(22)36-28)23(15)25-24(18-6-8-21-19(16(18)2)11-30-34(21)4)32-26(33(25)3)17-9-27(10-17)13-29-14-27/h5-8,11-12,17,29,36H,9-10,13-14H2,1-4H3. The lowest BCUT2D eigenvalue weighted by Crippen LogP contribution is -2.59. The lowest BCUT2D eigenvalue weighted by atomic mass is 9.58. The van der Waals surface area contributed by atoms with Crippen molar-refractivity contribution in [2.45, 2.75) is 32.6 Å². The number of fused-ring (bicyclic) bond motifs is 2. The van der Waals surface area contributed by atoms with Crippen molar-refractivity contribution in [2.75, 3.05) is 13.1 Å². The molecule has 1 unspecified atom stereocenters. The molecule has 7 nitrogen and oxygen atoms in total. The highest BCUT2D eigenvalue weighted by atomic mass is 127. The molecular weight excluding hydrogens is 580 g/mol. The Kier molecular flexibility index (Phi) is 5.15. The van der Waals surface area contributed by atoms with Crippen LogP contribution in [0.2, 0.25) is 0 Å². The van der Waals surface area contributed by atoms with E-state index >= 15 is 0 Å². The van der Waals surface area contributed by atoms with E-state index in [4.69, 9.17) is 10.1 Å². The molecule has 0 bridgehead atoms. The number of imidazole rings is 1. The van der Waals surface area contributed by atoms with Crippen molar-refractivity contribution in [3.8, 4) is 22.5 Å². The minimum Gasteiger partial charge on any atom is -0.330 e. The zero-order valence-corrected chi connectivity index (χ0v) is 24.1. The molecule has 1 aliphatic carbocycles. The summed E-state index contributed by atoms with van der Waals surface area (Å²) in [5.41, 5.74) is 10.0. The molecule has 2 aliphatic rings. The first-order chi connectivity index (χ1) is 17.4. The first-order valence-corrected chi connectivity index (χ1v) is 16.5. The van der Waals surface area contributed by atoms with E-state index in [1.165, 1.54) is 62.9 Å². The second-order valence-electron chi connectivity index (χ2n) is 10.7. The largest absolute Gasteiger partial charge is 0.330 e. The predicted molar refractivity (Wildman–Crippen MR) is 156 cm³/mol. The normalized spacial score (nSPS) is 17.6. The van der Waals surface area contributed by atoms with Crippen molar-refractivity contribution < 1.29 is 0 Å². The van der Waals surface area contributed by atoms with Gasteiger partial charge in [0.2, 0.25) is 0 Å². The molecule has 9 heteroatoms. The smallest absolute Gasteiger partial charge is 0.112 e. The Labute approximate surface area is 225 Å². The van der Waals surface area contributed by atoms with Crippen LogP contribution in [-0.4, -0.2) is 42.0 Å². The molecule has 4 heterocycles. The van der Waals surface area contributed by atoms with Crippen LogP contribution in [0.3, 0.4) is 0 Å². The fourth-order valence-electron chi connectivity index (χ4n) is 6.51. The van der Waals surface area contributed by atoms with Crippen molar-refractivity contribution in [3.05, 3.63) is 53.6 Å². The van der Waals surface area contributed by atoms with E-state index in [1.54, 1.807) is 0 Å². The first-order valence-electron chi connectivity index (χ1n) is 12.4. The molecular formula is C27H29IN7P. The summed E-state index contributed by atoms with van der Waals surface area (Å²) in [6.07, 6.45) is 7.03. The molecule has 36 heavy (non-hydrogen) atoms. The molecule has 1 N–H and O–H groups in total. The van der Waals surface area contributed by atoms with Gasteiger partial charge in [-0.05, 0) is 77.4 Å². The van der Waals surface area contributed by atoms with Crippen molar-refractivity contribution >= 4 is 50.2 Å². The van der Waals surface area contributed by atoms with Gasteiger partial charge < -0.3 is 9.88 Å². The van der Waals surface area contributed by atoms with Gasteiger partial charge in [-0.2, -0.15) is 10.2 Å². The van der Waals surface area contributed by atoms with Gasteiger partial charge in [-0.3, -0.25) is 4.68 Å². The molecule has 1 spiro atoms. The van der Waals surface area contributed by atoms with E-state index in [9.17, 15) is 0 Å². The van der Waals surface area contributed by atoms with Crippen molar-refractivity contribution in [3.63, 3.8) is 0 Å². The molecule has 1 atom stereocenters. The number of aromatic nitrogens is 6. The Morgan fingerprint density at radius 3 is 2.47 bits per heavy atom. The number of nitrogens with one attached hydrogen (secondary N) is 1. The number of rotatable bonds is 4. The van der Waals surface area contributed by atoms with E-state index in [0.717, 1.165) is 24.3 Å². The van der Waals surface area contributed by atoms with Crippen molar-refractivity contribution in [1.29, 1.82) is 0 Å². The molecule has 2 aromatic carbocycles. The first kappa shape index (κ1) is 22.9. The minimum absolute atomic E-state index is 0.500. The van der Waals surface area contributed by atoms with Gasteiger partial charge in [0.25, 0.3) is 0 Å². The van der Waals surface area contributed by atoms with Gasteiger partial charge in [0.1, 0.15) is 5.82 Å². The van der Waals surface area contributed by atoms with Crippen LogP contribution >= 0.6 is 28.4 Å². The molecule has 184 valence electrons. The van der Waals surface area contributed by atoms with Crippen LogP contribution in [-0.2, 0) is 14.1 Å². The summed E-state index contributed by atoms with van der Waals surface area (Å²) in [4.78, 5) is 5.44. The lowest BCUT2D eigenvalue weighted by molar-refractivity contribution is 0.0321. The Morgan fingerprint density at radius 1 is 1.00 bits per heavy atom. The summed E-state index contributed by atoms with van der Waals surface area (Å²) in [6.45, 7) is 6.72. The number of hydrogen-bond acceptors (Lipinski definition) is 4. The number of halogens is 1. The molecule has 5 aromatic rings. The second kappa shape index (κ2) is 8.10. The van der Waals surface area contributed by atoms with E-state index in [1.807, 2.05) is 24.1 Å². The second-order valence-corrected chi connectivity index (χ2v) is 12.7. The number of nitrogens with zero attached hydrogens (tertiary/aromatic N) is 6. The average Bonchev–Trinajstić information content (AvgIpc) is 3.49. The Balaban J connectivity index is 1.49. The summed E-state index contributed by atoms with van der Waals surface area (Å²) in [5, 5.41) is 15.1. The fraction of sp³-hybridized carbons (Fsp3) is 0.370. The lowest BCUT2D eigenvalue weighted by Gasteiger charge is -2.54. The zero-order chi connectivity index (χ0) is 24.8. The highest BCUT2D eigenvalue weighted by molar-refractivity contribution is 14.2.